The number of hydrogen-bond donors (Lipinski definition) is 1. The molecule has 1 unspecified atom stereocenters. The Morgan fingerprint density at radius 3 is 3.06 bits per heavy atom. The molecule has 0 aromatic carbocycles. The number of aromatic nitrogens is 1. The van der Waals surface area contributed by atoms with Gasteiger partial charge in [-0.25, -0.2) is 4.98 Å². The third kappa shape index (κ3) is 3.01. The van der Waals surface area contributed by atoms with Crippen LogP contribution >= 0.6 is 27.5 Å². The summed E-state index contributed by atoms with van der Waals surface area (Å²) >= 11 is 9.41. The molecule has 90 valence electrons. The van der Waals surface area contributed by atoms with Crippen molar-refractivity contribution in [3.8, 4) is 0 Å². The van der Waals surface area contributed by atoms with Crippen LogP contribution in [0.5, 0.6) is 0 Å². The van der Waals surface area contributed by atoms with Crippen LogP contribution in [0.4, 0.5) is 5.69 Å². The lowest BCUT2D eigenvalue weighted by molar-refractivity contribution is 0.474. The number of rotatable bonds is 4. The minimum absolute atomic E-state index is 0.0959. The fraction of sp³-hybridized carbons (Fsp3) is 0.250. The molecule has 1 atom stereocenters. The van der Waals surface area contributed by atoms with Gasteiger partial charge in [0.15, 0.2) is 5.15 Å². The lowest BCUT2D eigenvalue weighted by Crippen LogP contribution is -2.09. The topological polar surface area (TPSA) is 38.1 Å². The van der Waals surface area contributed by atoms with Crippen molar-refractivity contribution in [1.82, 2.24) is 4.98 Å². The van der Waals surface area contributed by atoms with Crippen LogP contribution in [-0.4, -0.2) is 4.98 Å². The summed E-state index contributed by atoms with van der Waals surface area (Å²) in [5.41, 5.74) is 0.796. The Kier molecular flexibility index (Phi) is 4.07. The van der Waals surface area contributed by atoms with E-state index in [4.69, 9.17) is 16.0 Å². The normalized spacial score (nSPS) is 12.4. The van der Waals surface area contributed by atoms with E-state index in [1.807, 2.05) is 18.2 Å². The predicted molar refractivity (Wildman–Crippen MR) is 72.3 cm³/mol. The van der Waals surface area contributed by atoms with Crippen molar-refractivity contribution in [3.05, 3.63) is 46.0 Å². The van der Waals surface area contributed by atoms with E-state index in [1.165, 1.54) is 0 Å². The van der Waals surface area contributed by atoms with Crippen LogP contribution in [-0.2, 0) is 0 Å². The Hall–Kier alpha value is -1.00. The largest absolute Gasteiger partial charge is 0.467 e. The summed E-state index contributed by atoms with van der Waals surface area (Å²) in [5.74, 6) is 0.892. The summed E-state index contributed by atoms with van der Waals surface area (Å²) < 4.78 is 6.28. The number of nitrogens with zero attached hydrogens (tertiary/aromatic N) is 1. The maximum absolute atomic E-state index is 6.03. The summed E-state index contributed by atoms with van der Waals surface area (Å²) in [5, 5.41) is 3.78. The van der Waals surface area contributed by atoms with E-state index in [0.717, 1.165) is 22.3 Å². The first-order chi connectivity index (χ1) is 8.20. The van der Waals surface area contributed by atoms with Crippen LogP contribution in [0.15, 0.2) is 39.5 Å². The zero-order valence-corrected chi connectivity index (χ0v) is 11.6. The molecule has 2 heterocycles. The number of halogens is 2. The Balaban J connectivity index is 2.21. The van der Waals surface area contributed by atoms with Crippen LogP contribution in [0, 0.1) is 0 Å². The van der Waals surface area contributed by atoms with Gasteiger partial charge in [-0.05, 0) is 40.5 Å². The van der Waals surface area contributed by atoms with Gasteiger partial charge in [0.1, 0.15) is 5.76 Å². The van der Waals surface area contributed by atoms with E-state index in [2.05, 4.69) is 33.2 Å². The molecule has 0 aliphatic carbocycles. The highest BCUT2D eigenvalue weighted by Gasteiger charge is 2.13. The summed E-state index contributed by atoms with van der Waals surface area (Å²) in [6, 6.07) is 5.82. The Morgan fingerprint density at radius 2 is 2.41 bits per heavy atom. The first kappa shape index (κ1) is 12.5. The molecule has 0 radical (unpaired) electrons. The molecule has 3 nitrogen and oxygen atoms in total. The Bertz CT molecular complexity index is 487. The third-order valence-electron chi connectivity index (χ3n) is 2.43. The van der Waals surface area contributed by atoms with E-state index in [0.29, 0.717) is 5.15 Å². The van der Waals surface area contributed by atoms with Crippen molar-refractivity contribution in [2.45, 2.75) is 19.4 Å². The number of anilines is 1. The van der Waals surface area contributed by atoms with Gasteiger partial charge in [-0.3, -0.25) is 0 Å². The summed E-state index contributed by atoms with van der Waals surface area (Å²) in [6.45, 7) is 2.08. The molecular weight excluding hydrogens is 304 g/mol. The highest BCUT2D eigenvalue weighted by atomic mass is 79.9. The highest BCUT2D eigenvalue weighted by Crippen LogP contribution is 2.28. The number of furan rings is 1. The van der Waals surface area contributed by atoms with Gasteiger partial charge in [-0.15, -0.1) is 0 Å². The fourth-order valence-electron chi connectivity index (χ4n) is 1.58. The summed E-state index contributed by atoms with van der Waals surface area (Å²) in [7, 11) is 0. The minimum atomic E-state index is 0.0959. The number of nitrogens with one attached hydrogen (secondary N) is 1. The summed E-state index contributed by atoms with van der Waals surface area (Å²) in [6.07, 6.45) is 4.23. The van der Waals surface area contributed by atoms with Gasteiger partial charge in [-0.2, -0.15) is 0 Å². The molecule has 2 aromatic heterocycles. The van der Waals surface area contributed by atoms with Crippen molar-refractivity contribution >= 4 is 33.2 Å². The molecule has 17 heavy (non-hydrogen) atoms. The second kappa shape index (κ2) is 5.56. The molecule has 0 spiro atoms. The number of hydrogen-bond acceptors (Lipinski definition) is 3. The molecule has 0 saturated carbocycles. The Labute approximate surface area is 113 Å². The van der Waals surface area contributed by atoms with Gasteiger partial charge in [0.2, 0.25) is 0 Å². The monoisotopic (exact) mass is 314 g/mol. The quantitative estimate of drug-likeness (QED) is 0.834. The molecule has 0 saturated heterocycles. The van der Waals surface area contributed by atoms with Crippen molar-refractivity contribution in [2.75, 3.05) is 5.32 Å². The van der Waals surface area contributed by atoms with E-state index in [9.17, 15) is 0 Å². The molecule has 0 amide bonds. The molecule has 0 bridgehead atoms. The molecule has 5 heteroatoms. The highest BCUT2D eigenvalue weighted by molar-refractivity contribution is 9.10. The van der Waals surface area contributed by atoms with Crippen molar-refractivity contribution in [2.24, 2.45) is 0 Å². The Morgan fingerprint density at radius 1 is 1.59 bits per heavy atom. The third-order valence-corrected chi connectivity index (χ3v) is 3.17. The molecular formula is C12H12BrClN2O. The second-order valence-electron chi connectivity index (χ2n) is 3.61. The van der Waals surface area contributed by atoms with Gasteiger partial charge in [-0.1, -0.05) is 18.5 Å². The van der Waals surface area contributed by atoms with E-state index in [-0.39, 0.29) is 6.04 Å². The molecule has 0 aliphatic rings. The molecule has 0 aliphatic heterocycles. The van der Waals surface area contributed by atoms with E-state index >= 15 is 0 Å². The van der Waals surface area contributed by atoms with Crippen LogP contribution in [0.2, 0.25) is 5.15 Å². The van der Waals surface area contributed by atoms with E-state index < -0.39 is 0 Å². The maximum atomic E-state index is 6.03. The molecule has 2 rings (SSSR count). The zero-order chi connectivity index (χ0) is 12.3. The second-order valence-corrected chi connectivity index (χ2v) is 4.89. The van der Waals surface area contributed by atoms with Gasteiger partial charge in [0, 0.05) is 10.7 Å². The molecule has 0 fully saturated rings. The molecule has 2 aromatic rings. The van der Waals surface area contributed by atoms with Crippen molar-refractivity contribution in [1.29, 1.82) is 0 Å². The summed E-state index contributed by atoms with van der Waals surface area (Å²) in [4.78, 5) is 4.07. The zero-order valence-electron chi connectivity index (χ0n) is 9.28. The van der Waals surface area contributed by atoms with Crippen LogP contribution in [0.25, 0.3) is 0 Å². The number of pyridine rings is 1. The fourth-order valence-corrected chi connectivity index (χ4v) is 2.06. The van der Waals surface area contributed by atoms with Crippen LogP contribution in [0.3, 0.4) is 0 Å². The standard InChI is InChI=1S/C12H12BrClN2O/c1-2-9(11-4-3-5-17-11)16-10-6-8(13)7-15-12(10)14/h3-7,9,16H,2H2,1H3. The van der Waals surface area contributed by atoms with Crippen molar-refractivity contribution in [3.63, 3.8) is 0 Å². The van der Waals surface area contributed by atoms with Crippen molar-refractivity contribution < 1.29 is 4.42 Å². The van der Waals surface area contributed by atoms with Gasteiger partial charge < -0.3 is 9.73 Å². The average molecular weight is 316 g/mol. The minimum Gasteiger partial charge on any atom is -0.467 e. The maximum Gasteiger partial charge on any atom is 0.152 e. The van der Waals surface area contributed by atoms with Crippen LogP contribution in [0.1, 0.15) is 25.1 Å². The van der Waals surface area contributed by atoms with Crippen LogP contribution < -0.4 is 5.32 Å². The lowest BCUT2D eigenvalue weighted by atomic mass is 10.1. The SMILES string of the molecule is CCC(Nc1cc(Br)cnc1Cl)c1ccco1. The molecule has 1 N–H and O–H groups in total. The van der Waals surface area contributed by atoms with Gasteiger partial charge in [0.05, 0.1) is 18.0 Å². The lowest BCUT2D eigenvalue weighted by Gasteiger charge is -2.16. The smallest absolute Gasteiger partial charge is 0.152 e. The van der Waals surface area contributed by atoms with Gasteiger partial charge >= 0.3 is 0 Å². The first-order valence-electron chi connectivity index (χ1n) is 5.31. The van der Waals surface area contributed by atoms with Gasteiger partial charge in [0.25, 0.3) is 0 Å². The predicted octanol–water partition coefficient (Wildman–Crippen LogP) is 4.65. The first-order valence-corrected chi connectivity index (χ1v) is 6.48. The van der Waals surface area contributed by atoms with E-state index in [1.54, 1.807) is 12.5 Å². The average Bonchev–Trinajstić information content (AvgIpc) is 2.84.